The van der Waals surface area contributed by atoms with Gasteiger partial charge in [0.1, 0.15) is 12.1 Å². The highest BCUT2D eigenvalue weighted by molar-refractivity contribution is 7.89. The minimum atomic E-state index is -3.83. The second-order valence-electron chi connectivity index (χ2n) is 11.3. The number of carbonyl (C=O) groups excluding carboxylic acids is 2. The summed E-state index contributed by atoms with van der Waals surface area (Å²) in [5, 5.41) is 27.6. The maximum Gasteiger partial charge on any atom is 0.243 e. The Hall–Kier alpha value is -2.80. The fourth-order valence-electron chi connectivity index (χ4n) is 5.40. The standard InChI is InChI=1S/C30H47N5O6S/c1-2-3-16-33-42(40,41)20-27(36)29(38)25(17-23-12-8-5-9-13-23)35-30(39)26(18-24-19-31-21-32-24)34-28(37)15-14-22-10-6-4-7-11-22/h4,6-7,10-11,19,21,23,25-27,29,33,36,38H,2-3,5,8-9,12-18,20H2,1H3,(H,31,32)(H,34,37)(H,35,39)/t25-,26-,27+,29+/m0/s1. The highest BCUT2D eigenvalue weighted by atomic mass is 32.2. The molecule has 3 rings (SSSR count). The fourth-order valence-corrected chi connectivity index (χ4v) is 6.62. The van der Waals surface area contributed by atoms with Gasteiger partial charge in [0.2, 0.25) is 21.8 Å². The normalized spacial score (nSPS) is 17.2. The van der Waals surface area contributed by atoms with Crippen LogP contribution in [-0.4, -0.2) is 77.0 Å². The molecular weight excluding hydrogens is 558 g/mol. The van der Waals surface area contributed by atoms with Crippen molar-refractivity contribution in [1.82, 2.24) is 25.3 Å². The Morgan fingerprint density at radius 3 is 2.50 bits per heavy atom. The fraction of sp³-hybridized carbons (Fsp3) is 0.633. The van der Waals surface area contributed by atoms with E-state index in [2.05, 4.69) is 25.3 Å². The Kier molecular flexibility index (Phi) is 13.9. The Balaban J connectivity index is 1.71. The van der Waals surface area contributed by atoms with Gasteiger partial charge in [-0.05, 0) is 30.7 Å². The number of aromatic amines is 1. The molecule has 0 aliphatic heterocycles. The summed E-state index contributed by atoms with van der Waals surface area (Å²) in [7, 11) is -3.83. The van der Waals surface area contributed by atoms with E-state index in [4.69, 9.17) is 0 Å². The van der Waals surface area contributed by atoms with Gasteiger partial charge in [-0.25, -0.2) is 18.1 Å². The first kappa shape index (κ1) is 33.7. The zero-order chi connectivity index (χ0) is 30.4. The van der Waals surface area contributed by atoms with Crippen LogP contribution in [0.15, 0.2) is 42.9 Å². The Morgan fingerprint density at radius 2 is 1.83 bits per heavy atom. The molecule has 0 radical (unpaired) electrons. The van der Waals surface area contributed by atoms with Crippen molar-refractivity contribution in [3.05, 3.63) is 54.1 Å². The number of rotatable bonds is 18. The van der Waals surface area contributed by atoms with E-state index in [0.717, 1.165) is 44.1 Å². The van der Waals surface area contributed by atoms with Crippen molar-refractivity contribution < 1.29 is 28.2 Å². The number of imidazole rings is 1. The monoisotopic (exact) mass is 605 g/mol. The average Bonchev–Trinajstić information content (AvgIpc) is 3.49. The molecule has 0 saturated heterocycles. The molecule has 0 unspecified atom stereocenters. The minimum absolute atomic E-state index is 0.146. The van der Waals surface area contributed by atoms with E-state index < -0.39 is 46.0 Å². The summed E-state index contributed by atoms with van der Waals surface area (Å²) in [4.78, 5) is 33.5. The average molecular weight is 606 g/mol. The van der Waals surface area contributed by atoms with Gasteiger partial charge in [-0.3, -0.25) is 9.59 Å². The van der Waals surface area contributed by atoms with E-state index in [-0.39, 0.29) is 31.2 Å². The second kappa shape index (κ2) is 17.3. The highest BCUT2D eigenvalue weighted by Crippen LogP contribution is 2.28. The van der Waals surface area contributed by atoms with Crippen molar-refractivity contribution in [2.45, 2.75) is 102 Å². The maximum atomic E-state index is 13.6. The second-order valence-corrected chi connectivity index (χ2v) is 13.2. The van der Waals surface area contributed by atoms with Crippen LogP contribution in [0.25, 0.3) is 0 Å². The first-order chi connectivity index (χ1) is 20.2. The van der Waals surface area contributed by atoms with E-state index in [1.165, 1.54) is 6.33 Å². The number of sulfonamides is 1. The van der Waals surface area contributed by atoms with Crippen molar-refractivity contribution >= 4 is 21.8 Å². The molecule has 0 spiro atoms. The maximum absolute atomic E-state index is 13.6. The van der Waals surface area contributed by atoms with E-state index in [9.17, 15) is 28.2 Å². The lowest BCUT2D eigenvalue weighted by molar-refractivity contribution is -0.130. The Labute approximate surface area is 249 Å². The number of aryl methyl sites for hydroxylation is 1. The topological polar surface area (TPSA) is 174 Å². The third-order valence-electron chi connectivity index (χ3n) is 7.80. The molecule has 1 aromatic carbocycles. The number of nitrogens with one attached hydrogen (secondary N) is 4. The number of aliphatic hydroxyl groups is 2. The van der Waals surface area contributed by atoms with Crippen molar-refractivity contribution in [1.29, 1.82) is 0 Å². The zero-order valence-electron chi connectivity index (χ0n) is 24.5. The summed E-state index contributed by atoms with van der Waals surface area (Å²) in [5.74, 6) is -1.28. The SMILES string of the molecule is CCCCNS(=O)(=O)C[C@@H](O)[C@H](O)[C@H](CC1CCCCC1)NC(=O)[C@H](Cc1cnc[nH]1)NC(=O)CCc1ccccc1. The molecule has 42 heavy (non-hydrogen) atoms. The van der Waals surface area contributed by atoms with E-state index >= 15 is 0 Å². The van der Waals surface area contributed by atoms with E-state index in [0.29, 0.717) is 25.0 Å². The summed E-state index contributed by atoms with van der Waals surface area (Å²) in [6, 6.07) is 7.72. The number of benzene rings is 1. The molecule has 11 nitrogen and oxygen atoms in total. The first-order valence-corrected chi connectivity index (χ1v) is 16.8. The molecular formula is C30H47N5O6S. The van der Waals surface area contributed by atoms with Crippen LogP contribution in [0.4, 0.5) is 0 Å². The number of H-pyrrole nitrogens is 1. The third-order valence-corrected chi connectivity index (χ3v) is 9.23. The van der Waals surface area contributed by atoms with Gasteiger partial charge in [0, 0.05) is 31.3 Å². The number of aliphatic hydroxyl groups excluding tert-OH is 2. The van der Waals surface area contributed by atoms with E-state index in [1.807, 2.05) is 37.3 Å². The largest absolute Gasteiger partial charge is 0.389 e. The van der Waals surface area contributed by atoms with Gasteiger partial charge in [0.15, 0.2) is 0 Å². The highest BCUT2D eigenvalue weighted by Gasteiger charge is 2.35. The van der Waals surface area contributed by atoms with Gasteiger partial charge in [-0.15, -0.1) is 0 Å². The first-order valence-electron chi connectivity index (χ1n) is 15.1. The Bertz CT molecular complexity index is 1170. The molecule has 2 aromatic rings. The smallest absolute Gasteiger partial charge is 0.243 e. The molecule has 0 bridgehead atoms. The van der Waals surface area contributed by atoms with Gasteiger partial charge >= 0.3 is 0 Å². The zero-order valence-corrected chi connectivity index (χ0v) is 25.3. The number of carbonyl (C=O) groups is 2. The number of unbranched alkanes of at least 4 members (excludes halogenated alkanes) is 1. The molecule has 1 saturated carbocycles. The molecule has 12 heteroatoms. The summed E-state index contributed by atoms with van der Waals surface area (Å²) in [6.45, 7) is 2.19. The van der Waals surface area contributed by atoms with Crippen molar-refractivity contribution in [3.63, 3.8) is 0 Å². The van der Waals surface area contributed by atoms with Gasteiger partial charge in [-0.2, -0.15) is 0 Å². The van der Waals surface area contributed by atoms with Gasteiger partial charge in [0.05, 0.1) is 24.2 Å². The van der Waals surface area contributed by atoms with Crippen LogP contribution in [0, 0.1) is 5.92 Å². The lowest BCUT2D eigenvalue weighted by Crippen LogP contribution is -2.56. The summed E-state index contributed by atoms with van der Waals surface area (Å²) < 4.78 is 27.5. The summed E-state index contributed by atoms with van der Waals surface area (Å²) in [6.07, 6.45) is 7.73. The molecule has 1 aliphatic carbocycles. The van der Waals surface area contributed by atoms with Crippen LogP contribution >= 0.6 is 0 Å². The molecule has 1 heterocycles. The minimum Gasteiger partial charge on any atom is -0.389 e. The molecule has 4 atom stereocenters. The van der Waals surface area contributed by atoms with Crippen molar-refractivity contribution in [3.8, 4) is 0 Å². The predicted molar refractivity (Wildman–Crippen MR) is 161 cm³/mol. The van der Waals surface area contributed by atoms with Crippen LogP contribution in [-0.2, 0) is 32.5 Å². The Morgan fingerprint density at radius 1 is 1.10 bits per heavy atom. The number of amides is 2. The third kappa shape index (κ3) is 11.8. The van der Waals surface area contributed by atoms with Crippen molar-refractivity contribution in [2.75, 3.05) is 12.3 Å². The molecule has 2 amide bonds. The van der Waals surface area contributed by atoms with Crippen LogP contribution < -0.4 is 15.4 Å². The quantitative estimate of drug-likeness (QED) is 0.141. The van der Waals surface area contributed by atoms with Crippen LogP contribution in [0.5, 0.6) is 0 Å². The number of hydrogen-bond acceptors (Lipinski definition) is 7. The van der Waals surface area contributed by atoms with E-state index in [1.54, 1.807) is 6.20 Å². The predicted octanol–water partition coefficient (Wildman–Crippen LogP) is 1.97. The lowest BCUT2D eigenvalue weighted by atomic mass is 9.83. The molecule has 1 aromatic heterocycles. The van der Waals surface area contributed by atoms with Crippen LogP contribution in [0.2, 0.25) is 0 Å². The molecule has 1 fully saturated rings. The van der Waals surface area contributed by atoms with Crippen LogP contribution in [0.1, 0.15) is 76.0 Å². The van der Waals surface area contributed by atoms with Crippen LogP contribution in [0.3, 0.4) is 0 Å². The summed E-state index contributed by atoms with van der Waals surface area (Å²) in [5.41, 5.74) is 1.65. The lowest BCUT2D eigenvalue weighted by Gasteiger charge is -2.33. The number of hydrogen-bond donors (Lipinski definition) is 6. The van der Waals surface area contributed by atoms with Gasteiger partial charge < -0.3 is 25.8 Å². The van der Waals surface area contributed by atoms with Gasteiger partial charge in [-0.1, -0.05) is 75.8 Å². The molecule has 1 aliphatic rings. The number of nitrogens with zero attached hydrogens (tertiary/aromatic N) is 1. The van der Waals surface area contributed by atoms with Gasteiger partial charge in [0.25, 0.3) is 0 Å². The molecule has 6 N–H and O–H groups in total. The summed E-state index contributed by atoms with van der Waals surface area (Å²) >= 11 is 0. The molecule has 234 valence electrons. The van der Waals surface area contributed by atoms with Crippen molar-refractivity contribution in [2.24, 2.45) is 5.92 Å². The number of aromatic nitrogens is 2.